The molecule has 78 valence electrons. The Balaban J connectivity index is 2.27. The number of carbonyl (C=O) groups excluding carboxylic acids is 1. The summed E-state index contributed by atoms with van der Waals surface area (Å²) in [5.41, 5.74) is 4.68. The molecule has 2 rings (SSSR count). The number of hydrazine groups is 1. The number of rotatable bonds is 2. The molecule has 4 nitrogen and oxygen atoms in total. The number of nitrogens with zero attached hydrogens (tertiary/aromatic N) is 1. The van der Waals surface area contributed by atoms with Gasteiger partial charge in [0.1, 0.15) is 5.76 Å². The summed E-state index contributed by atoms with van der Waals surface area (Å²) in [7, 11) is 0. The second-order valence-electron chi connectivity index (χ2n) is 3.39. The summed E-state index contributed by atoms with van der Waals surface area (Å²) in [5, 5.41) is 1.73. The molecule has 0 atom stereocenters. The van der Waals surface area contributed by atoms with Gasteiger partial charge in [0.15, 0.2) is 6.29 Å². The monoisotopic (exact) mass is 204 g/mol. The fourth-order valence-corrected chi connectivity index (χ4v) is 1.38. The van der Waals surface area contributed by atoms with Crippen LogP contribution in [0.4, 0.5) is 5.88 Å². The number of carbonyl (C=O) groups is 1. The van der Waals surface area contributed by atoms with Crippen LogP contribution in [0.25, 0.3) is 0 Å². The van der Waals surface area contributed by atoms with Crippen molar-refractivity contribution in [1.82, 2.24) is 5.43 Å². The molecular weight excluding hydrogens is 192 g/mol. The first kappa shape index (κ1) is 9.58. The van der Waals surface area contributed by atoms with E-state index >= 15 is 0 Å². The quantitative estimate of drug-likeness (QED) is 0.750. The molecule has 0 saturated heterocycles. The standard InChI is InChI=1S/C11H12N2O2/c1-8-4-3-5-13(12-8)11-6-10(7-14)9(2)15-11/h3-7,12H,1-2H3. The summed E-state index contributed by atoms with van der Waals surface area (Å²) >= 11 is 0. The van der Waals surface area contributed by atoms with Crippen LogP contribution >= 0.6 is 0 Å². The maximum atomic E-state index is 10.7. The largest absolute Gasteiger partial charge is 0.443 e. The average Bonchev–Trinajstić information content (AvgIpc) is 2.60. The Kier molecular flexibility index (Phi) is 2.33. The van der Waals surface area contributed by atoms with Crippen molar-refractivity contribution in [2.45, 2.75) is 13.8 Å². The third-order valence-electron chi connectivity index (χ3n) is 2.19. The van der Waals surface area contributed by atoms with Crippen LogP contribution in [-0.2, 0) is 0 Å². The maximum Gasteiger partial charge on any atom is 0.218 e. The molecule has 0 radical (unpaired) electrons. The molecule has 1 aliphatic rings. The minimum atomic E-state index is 0.576. The van der Waals surface area contributed by atoms with Gasteiger partial charge in [0.25, 0.3) is 0 Å². The molecule has 0 aliphatic carbocycles. The van der Waals surface area contributed by atoms with Crippen LogP contribution in [0.3, 0.4) is 0 Å². The van der Waals surface area contributed by atoms with Gasteiger partial charge >= 0.3 is 0 Å². The van der Waals surface area contributed by atoms with Gasteiger partial charge < -0.3 is 4.42 Å². The first-order valence-electron chi connectivity index (χ1n) is 4.67. The SMILES string of the molecule is CC1=CC=CN(c2cc(C=O)c(C)o2)N1. The number of aryl methyl sites for hydroxylation is 1. The first-order valence-corrected chi connectivity index (χ1v) is 4.67. The van der Waals surface area contributed by atoms with Crippen LogP contribution in [0.2, 0.25) is 0 Å². The van der Waals surface area contributed by atoms with Crippen LogP contribution < -0.4 is 10.4 Å². The van der Waals surface area contributed by atoms with E-state index in [1.165, 1.54) is 0 Å². The third-order valence-corrected chi connectivity index (χ3v) is 2.19. The lowest BCUT2D eigenvalue weighted by Crippen LogP contribution is -2.33. The lowest BCUT2D eigenvalue weighted by Gasteiger charge is -2.22. The summed E-state index contributed by atoms with van der Waals surface area (Å²) in [6, 6.07) is 1.71. The van der Waals surface area contributed by atoms with Gasteiger partial charge in [-0.1, -0.05) is 0 Å². The Hall–Kier alpha value is -1.97. The van der Waals surface area contributed by atoms with Crippen LogP contribution in [0, 0.1) is 6.92 Å². The van der Waals surface area contributed by atoms with Crippen molar-refractivity contribution in [2.24, 2.45) is 0 Å². The van der Waals surface area contributed by atoms with Crippen molar-refractivity contribution in [2.75, 3.05) is 5.01 Å². The Morgan fingerprint density at radius 1 is 1.47 bits per heavy atom. The van der Waals surface area contributed by atoms with E-state index in [2.05, 4.69) is 5.43 Å². The fraction of sp³-hybridized carbons (Fsp3) is 0.182. The van der Waals surface area contributed by atoms with Gasteiger partial charge in [-0.05, 0) is 26.0 Å². The van der Waals surface area contributed by atoms with E-state index < -0.39 is 0 Å². The number of hydrogen-bond donors (Lipinski definition) is 1. The van der Waals surface area contributed by atoms with Crippen LogP contribution in [0.5, 0.6) is 0 Å². The summed E-state index contributed by atoms with van der Waals surface area (Å²) in [5.74, 6) is 1.24. The zero-order valence-electron chi connectivity index (χ0n) is 8.65. The van der Waals surface area contributed by atoms with Crippen LogP contribution in [0.1, 0.15) is 23.0 Å². The molecule has 1 aromatic rings. The van der Waals surface area contributed by atoms with Gasteiger partial charge in [-0.3, -0.25) is 10.2 Å². The van der Waals surface area contributed by atoms with Crippen LogP contribution in [-0.4, -0.2) is 6.29 Å². The molecule has 2 heterocycles. The summed E-state index contributed by atoms with van der Waals surface area (Å²) in [4.78, 5) is 10.7. The predicted molar refractivity (Wildman–Crippen MR) is 57.3 cm³/mol. The van der Waals surface area contributed by atoms with Crippen molar-refractivity contribution >= 4 is 12.2 Å². The number of nitrogens with one attached hydrogen (secondary N) is 1. The number of allylic oxidation sites excluding steroid dienone is 3. The average molecular weight is 204 g/mol. The highest BCUT2D eigenvalue weighted by molar-refractivity contribution is 5.78. The molecule has 1 N–H and O–H groups in total. The first-order chi connectivity index (χ1) is 7.20. The zero-order chi connectivity index (χ0) is 10.8. The summed E-state index contributed by atoms with van der Waals surface area (Å²) in [6.07, 6.45) is 6.48. The zero-order valence-corrected chi connectivity index (χ0v) is 8.65. The van der Waals surface area contributed by atoms with Crippen molar-refractivity contribution in [3.63, 3.8) is 0 Å². The minimum Gasteiger partial charge on any atom is -0.443 e. The lowest BCUT2D eigenvalue weighted by atomic mass is 10.3. The molecule has 0 fully saturated rings. The summed E-state index contributed by atoms with van der Waals surface area (Å²) in [6.45, 7) is 3.72. The molecule has 0 unspecified atom stereocenters. The number of furan rings is 1. The van der Waals surface area contributed by atoms with Crippen molar-refractivity contribution in [3.8, 4) is 0 Å². The second-order valence-corrected chi connectivity index (χ2v) is 3.39. The van der Waals surface area contributed by atoms with E-state index in [-0.39, 0.29) is 0 Å². The van der Waals surface area contributed by atoms with Gasteiger partial charge in [0, 0.05) is 18.0 Å². The molecule has 0 saturated carbocycles. The van der Waals surface area contributed by atoms with Gasteiger partial charge in [0.2, 0.25) is 5.88 Å². The molecule has 0 aromatic carbocycles. The van der Waals surface area contributed by atoms with E-state index in [0.717, 1.165) is 12.0 Å². The molecule has 0 amide bonds. The van der Waals surface area contributed by atoms with Crippen molar-refractivity contribution in [1.29, 1.82) is 0 Å². The van der Waals surface area contributed by atoms with Crippen molar-refractivity contribution < 1.29 is 9.21 Å². The second kappa shape index (κ2) is 3.65. The fourth-order valence-electron chi connectivity index (χ4n) is 1.38. The topological polar surface area (TPSA) is 45.5 Å². The summed E-state index contributed by atoms with van der Waals surface area (Å²) < 4.78 is 5.45. The van der Waals surface area contributed by atoms with Gasteiger partial charge in [-0.2, -0.15) is 0 Å². The molecule has 4 heteroatoms. The van der Waals surface area contributed by atoms with E-state index in [9.17, 15) is 4.79 Å². The molecule has 1 aliphatic heterocycles. The molecule has 1 aromatic heterocycles. The minimum absolute atomic E-state index is 0.576. The Morgan fingerprint density at radius 3 is 2.87 bits per heavy atom. The third kappa shape index (κ3) is 1.79. The maximum absolute atomic E-state index is 10.7. The normalized spacial score (nSPS) is 14.8. The van der Waals surface area contributed by atoms with Gasteiger partial charge in [-0.15, -0.1) is 0 Å². The highest BCUT2D eigenvalue weighted by Gasteiger charge is 2.13. The van der Waals surface area contributed by atoms with Gasteiger partial charge in [0.05, 0.1) is 5.56 Å². The number of hydrogen-bond acceptors (Lipinski definition) is 4. The van der Waals surface area contributed by atoms with Gasteiger partial charge in [-0.25, -0.2) is 5.01 Å². The number of aldehydes is 1. The van der Waals surface area contributed by atoms with Crippen molar-refractivity contribution in [3.05, 3.63) is 41.4 Å². The van der Waals surface area contributed by atoms with Crippen LogP contribution in [0.15, 0.2) is 34.5 Å². The predicted octanol–water partition coefficient (Wildman–Crippen LogP) is 2.14. The lowest BCUT2D eigenvalue weighted by molar-refractivity contribution is 0.112. The van der Waals surface area contributed by atoms with E-state index in [0.29, 0.717) is 17.2 Å². The molecular formula is C11H12N2O2. The van der Waals surface area contributed by atoms with E-state index in [1.54, 1.807) is 18.0 Å². The molecule has 15 heavy (non-hydrogen) atoms. The Bertz CT molecular complexity index is 443. The molecule has 0 bridgehead atoms. The van der Waals surface area contributed by atoms with E-state index in [1.807, 2.05) is 25.3 Å². The number of anilines is 1. The highest BCUT2D eigenvalue weighted by Crippen LogP contribution is 2.22. The van der Waals surface area contributed by atoms with E-state index in [4.69, 9.17) is 4.42 Å². The highest BCUT2D eigenvalue weighted by atomic mass is 16.4. The molecule has 0 spiro atoms. The smallest absolute Gasteiger partial charge is 0.218 e. The Labute approximate surface area is 87.8 Å². The Morgan fingerprint density at radius 2 is 2.27 bits per heavy atom.